The molecule has 0 radical (unpaired) electrons. The summed E-state index contributed by atoms with van der Waals surface area (Å²) in [5.41, 5.74) is 3.66. The van der Waals surface area contributed by atoms with Gasteiger partial charge in [-0.25, -0.2) is 9.59 Å². The van der Waals surface area contributed by atoms with Crippen LogP contribution in [0.5, 0.6) is 11.5 Å². The van der Waals surface area contributed by atoms with Gasteiger partial charge in [0, 0.05) is 6.42 Å². The van der Waals surface area contributed by atoms with Gasteiger partial charge in [-0.2, -0.15) is 0 Å². The van der Waals surface area contributed by atoms with Gasteiger partial charge >= 0.3 is 11.9 Å². The van der Waals surface area contributed by atoms with Gasteiger partial charge in [0.15, 0.2) is 6.10 Å². The monoisotopic (exact) mass is 466 g/mol. The molecule has 0 aliphatic carbocycles. The smallest absolute Gasteiger partial charge is 0.352 e. The maximum Gasteiger partial charge on any atom is 0.352 e. The third kappa shape index (κ3) is 6.81. The second kappa shape index (κ2) is 11.7. The van der Waals surface area contributed by atoms with Crippen molar-refractivity contribution in [1.29, 1.82) is 0 Å². The molecule has 0 aromatic heterocycles. The van der Waals surface area contributed by atoms with Crippen molar-refractivity contribution in [2.24, 2.45) is 0 Å². The summed E-state index contributed by atoms with van der Waals surface area (Å²) in [5.74, 6) is -0.0572. The van der Waals surface area contributed by atoms with Crippen LogP contribution in [0.2, 0.25) is 0 Å². The maximum absolute atomic E-state index is 12.5. The second-order valence-electron chi connectivity index (χ2n) is 7.97. The van der Waals surface area contributed by atoms with Crippen LogP contribution in [-0.2, 0) is 16.0 Å². The van der Waals surface area contributed by atoms with E-state index >= 15 is 0 Å². The molecule has 0 amide bonds. The first kappa shape index (κ1) is 23.8. The predicted molar refractivity (Wildman–Crippen MR) is 134 cm³/mol. The van der Waals surface area contributed by atoms with E-state index in [0.29, 0.717) is 30.1 Å². The van der Waals surface area contributed by atoms with Gasteiger partial charge in [0.25, 0.3) is 0 Å². The van der Waals surface area contributed by atoms with Crippen LogP contribution in [0.25, 0.3) is 11.1 Å². The number of hydrogen-bond donors (Lipinski definition) is 0. The summed E-state index contributed by atoms with van der Waals surface area (Å²) < 4.78 is 16.5. The Balaban J connectivity index is 1.25. The summed E-state index contributed by atoms with van der Waals surface area (Å²) in [6, 6.07) is 33.6. The first-order valence-corrected chi connectivity index (χ1v) is 11.4. The van der Waals surface area contributed by atoms with Crippen molar-refractivity contribution < 1.29 is 23.8 Å². The van der Waals surface area contributed by atoms with Crippen LogP contribution in [0.4, 0.5) is 0 Å². The maximum atomic E-state index is 12.5. The van der Waals surface area contributed by atoms with Crippen molar-refractivity contribution in [2.75, 3.05) is 6.61 Å². The molecule has 0 fully saturated rings. The molecule has 1 unspecified atom stereocenters. The Hall–Kier alpha value is -4.38. The number of esters is 2. The van der Waals surface area contributed by atoms with Gasteiger partial charge in [-0.3, -0.25) is 0 Å². The van der Waals surface area contributed by atoms with Crippen LogP contribution in [0.1, 0.15) is 22.8 Å². The number of rotatable bonds is 9. The van der Waals surface area contributed by atoms with Crippen molar-refractivity contribution in [3.8, 4) is 22.6 Å². The van der Waals surface area contributed by atoms with Gasteiger partial charge in [0.2, 0.25) is 0 Å². The van der Waals surface area contributed by atoms with Gasteiger partial charge in [-0.05, 0) is 60.0 Å². The standard InChI is InChI=1S/C30H26O5/c1-22(34-27-16-12-25(13-17-27)24-10-6-3-7-11-24)29(31)35-28-18-14-26(15-19-28)30(32)33-21-20-23-8-4-2-5-9-23/h2-19,22H,20-21H2,1H3. The fourth-order valence-corrected chi connectivity index (χ4v) is 3.46. The van der Waals surface area contributed by atoms with E-state index in [9.17, 15) is 9.59 Å². The van der Waals surface area contributed by atoms with Crippen LogP contribution >= 0.6 is 0 Å². The lowest BCUT2D eigenvalue weighted by Crippen LogP contribution is -2.28. The highest BCUT2D eigenvalue weighted by Crippen LogP contribution is 2.23. The van der Waals surface area contributed by atoms with Crippen LogP contribution in [0, 0.1) is 0 Å². The van der Waals surface area contributed by atoms with Crippen molar-refractivity contribution >= 4 is 11.9 Å². The highest BCUT2D eigenvalue weighted by molar-refractivity contribution is 5.89. The molecule has 0 saturated carbocycles. The molecule has 5 nitrogen and oxygen atoms in total. The van der Waals surface area contributed by atoms with E-state index in [1.807, 2.05) is 84.9 Å². The minimum Gasteiger partial charge on any atom is -0.479 e. The van der Waals surface area contributed by atoms with Gasteiger partial charge in [-0.15, -0.1) is 0 Å². The van der Waals surface area contributed by atoms with Crippen LogP contribution in [0.15, 0.2) is 109 Å². The van der Waals surface area contributed by atoms with Crippen LogP contribution in [-0.4, -0.2) is 24.6 Å². The first-order valence-electron chi connectivity index (χ1n) is 11.4. The summed E-state index contributed by atoms with van der Waals surface area (Å²) >= 11 is 0. The molecule has 4 aromatic rings. The fourth-order valence-electron chi connectivity index (χ4n) is 3.46. The van der Waals surface area contributed by atoms with E-state index in [2.05, 4.69) is 0 Å². The second-order valence-corrected chi connectivity index (χ2v) is 7.97. The lowest BCUT2D eigenvalue weighted by Gasteiger charge is -2.14. The lowest BCUT2D eigenvalue weighted by atomic mass is 10.1. The molecule has 4 aromatic carbocycles. The molecule has 0 heterocycles. The Morgan fingerprint density at radius 2 is 1.26 bits per heavy atom. The molecule has 0 N–H and O–H groups in total. The minimum absolute atomic E-state index is 0.292. The zero-order valence-corrected chi connectivity index (χ0v) is 19.4. The van der Waals surface area contributed by atoms with Gasteiger partial charge < -0.3 is 14.2 Å². The highest BCUT2D eigenvalue weighted by atomic mass is 16.6. The summed E-state index contributed by atoms with van der Waals surface area (Å²) in [4.78, 5) is 24.7. The fraction of sp³-hybridized carbons (Fsp3) is 0.133. The summed E-state index contributed by atoms with van der Waals surface area (Å²) in [6.07, 6.45) is -0.157. The predicted octanol–water partition coefficient (Wildman–Crippen LogP) is 6.13. The van der Waals surface area contributed by atoms with Gasteiger partial charge in [0.1, 0.15) is 11.5 Å². The summed E-state index contributed by atoms with van der Waals surface area (Å²) in [5, 5.41) is 0. The van der Waals surface area contributed by atoms with E-state index < -0.39 is 18.0 Å². The average molecular weight is 467 g/mol. The topological polar surface area (TPSA) is 61.8 Å². The average Bonchev–Trinajstić information content (AvgIpc) is 2.90. The van der Waals surface area contributed by atoms with E-state index in [1.54, 1.807) is 31.2 Å². The van der Waals surface area contributed by atoms with E-state index in [0.717, 1.165) is 16.7 Å². The number of ether oxygens (including phenoxy) is 3. The van der Waals surface area contributed by atoms with Crippen LogP contribution in [0.3, 0.4) is 0 Å². The SMILES string of the molecule is CC(Oc1ccc(-c2ccccc2)cc1)C(=O)Oc1ccc(C(=O)OCCc2ccccc2)cc1. The number of carbonyl (C=O) groups excluding carboxylic acids is 2. The molecule has 4 rings (SSSR count). The van der Waals surface area contributed by atoms with Crippen molar-refractivity contribution in [2.45, 2.75) is 19.4 Å². The third-order valence-corrected chi connectivity index (χ3v) is 5.38. The van der Waals surface area contributed by atoms with Crippen molar-refractivity contribution in [3.05, 3.63) is 120 Å². The zero-order chi connectivity index (χ0) is 24.5. The molecule has 0 aliphatic heterocycles. The Labute approximate surface area is 204 Å². The lowest BCUT2D eigenvalue weighted by molar-refractivity contribution is -0.141. The molecule has 5 heteroatoms. The number of hydrogen-bond acceptors (Lipinski definition) is 5. The molecular weight excluding hydrogens is 440 g/mol. The largest absolute Gasteiger partial charge is 0.479 e. The summed E-state index contributed by atoms with van der Waals surface area (Å²) in [6.45, 7) is 1.92. The molecule has 0 bridgehead atoms. The Kier molecular flexibility index (Phi) is 7.92. The van der Waals surface area contributed by atoms with E-state index in [-0.39, 0.29) is 0 Å². The van der Waals surface area contributed by atoms with E-state index in [4.69, 9.17) is 14.2 Å². The molecule has 35 heavy (non-hydrogen) atoms. The molecule has 176 valence electrons. The zero-order valence-electron chi connectivity index (χ0n) is 19.4. The Bertz CT molecular complexity index is 1230. The molecule has 0 spiro atoms. The Morgan fingerprint density at radius 3 is 1.91 bits per heavy atom. The van der Waals surface area contributed by atoms with Crippen molar-refractivity contribution in [1.82, 2.24) is 0 Å². The number of carbonyl (C=O) groups is 2. The normalized spacial score (nSPS) is 11.3. The molecule has 0 aliphatic rings. The summed E-state index contributed by atoms with van der Waals surface area (Å²) in [7, 11) is 0. The molecular formula is C30H26O5. The molecule has 1 atom stereocenters. The van der Waals surface area contributed by atoms with E-state index in [1.165, 1.54) is 0 Å². The highest BCUT2D eigenvalue weighted by Gasteiger charge is 2.18. The van der Waals surface area contributed by atoms with Crippen LogP contribution < -0.4 is 9.47 Å². The quantitative estimate of drug-likeness (QED) is 0.219. The van der Waals surface area contributed by atoms with Gasteiger partial charge in [0.05, 0.1) is 12.2 Å². The first-order chi connectivity index (χ1) is 17.1. The number of benzene rings is 4. The Morgan fingerprint density at radius 1 is 0.686 bits per heavy atom. The van der Waals surface area contributed by atoms with Crippen molar-refractivity contribution in [3.63, 3.8) is 0 Å². The third-order valence-electron chi connectivity index (χ3n) is 5.38. The molecule has 0 saturated heterocycles. The van der Waals surface area contributed by atoms with Gasteiger partial charge in [-0.1, -0.05) is 72.8 Å². The minimum atomic E-state index is -0.805.